The first-order valence-corrected chi connectivity index (χ1v) is 20.7. The van der Waals surface area contributed by atoms with Crippen molar-refractivity contribution in [2.24, 2.45) is 0 Å². The van der Waals surface area contributed by atoms with Crippen molar-refractivity contribution >= 4 is 71.5 Å². The lowest BCUT2D eigenvalue weighted by Gasteiger charge is -2.26. The van der Waals surface area contributed by atoms with Crippen LogP contribution in [0.5, 0.6) is 0 Å². The number of para-hydroxylation sites is 2. The molecule has 0 saturated heterocycles. The van der Waals surface area contributed by atoms with E-state index in [1.807, 2.05) is 36.4 Å². The highest BCUT2D eigenvalue weighted by molar-refractivity contribution is 6.10. The van der Waals surface area contributed by atoms with Crippen LogP contribution in [0.25, 0.3) is 93.8 Å². The fourth-order valence-corrected chi connectivity index (χ4v) is 9.06. The molecule has 10 aromatic carbocycles. The standard InChI is InChI=1S/C57H37N3O/c1-3-13-42(14-4-1)57-58-53-35-28-41-22-23-43(36-52(41)56(53)61-57)38-24-29-45(30-25-38)59(46-31-26-40(27-32-46)49-20-11-15-39-12-7-8-18-48(39)49)47-33-34-51-50-19-9-10-21-54(50)60(55(51)37-47)44-16-5-2-6-17-44/h1-37H. The molecule has 0 aliphatic carbocycles. The van der Waals surface area contributed by atoms with Crippen molar-refractivity contribution in [3.05, 3.63) is 224 Å². The maximum absolute atomic E-state index is 6.43. The van der Waals surface area contributed by atoms with Gasteiger partial charge in [0.15, 0.2) is 5.58 Å². The molecule has 0 saturated carbocycles. The van der Waals surface area contributed by atoms with Crippen LogP contribution < -0.4 is 4.90 Å². The molecule has 4 heteroatoms. The van der Waals surface area contributed by atoms with Crippen molar-refractivity contribution < 1.29 is 4.42 Å². The first kappa shape index (κ1) is 34.8. The lowest BCUT2D eigenvalue weighted by molar-refractivity contribution is 0.623. The van der Waals surface area contributed by atoms with Crippen LogP contribution in [0.2, 0.25) is 0 Å². The highest BCUT2D eigenvalue weighted by atomic mass is 16.3. The molecule has 0 bridgehead atoms. The van der Waals surface area contributed by atoms with E-state index < -0.39 is 0 Å². The van der Waals surface area contributed by atoms with E-state index in [4.69, 9.17) is 9.40 Å². The third kappa shape index (κ3) is 5.96. The third-order valence-corrected chi connectivity index (χ3v) is 12.0. The Morgan fingerprint density at radius 2 is 0.984 bits per heavy atom. The Morgan fingerprint density at radius 3 is 1.79 bits per heavy atom. The summed E-state index contributed by atoms with van der Waals surface area (Å²) in [4.78, 5) is 7.21. The van der Waals surface area contributed by atoms with Crippen molar-refractivity contribution in [2.45, 2.75) is 0 Å². The second-order valence-electron chi connectivity index (χ2n) is 15.6. The maximum atomic E-state index is 6.43. The number of anilines is 3. The van der Waals surface area contributed by atoms with Gasteiger partial charge < -0.3 is 13.9 Å². The lowest BCUT2D eigenvalue weighted by atomic mass is 9.98. The highest BCUT2D eigenvalue weighted by Gasteiger charge is 2.19. The van der Waals surface area contributed by atoms with E-state index in [1.165, 1.54) is 38.2 Å². The molecule has 2 aromatic heterocycles. The van der Waals surface area contributed by atoms with Crippen molar-refractivity contribution in [1.29, 1.82) is 0 Å². The van der Waals surface area contributed by atoms with Crippen molar-refractivity contribution in [3.63, 3.8) is 0 Å². The first-order chi connectivity index (χ1) is 30.2. The van der Waals surface area contributed by atoms with E-state index in [9.17, 15) is 0 Å². The van der Waals surface area contributed by atoms with Crippen LogP contribution in [0.3, 0.4) is 0 Å². The average Bonchev–Trinajstić information content (AvgIpc) is 3.92. The molecule has 12 rings (SSSR count). The predicted molar refractivity (Wildman–Crippen MR) is 254 cm³/mol. The van der Waals surface area contributed by atoms with E-state index in [1.54, 1.807) is 0 Å². The minimum atomic E-state index is 0.630. The average molecular weight is 780 g/mol. The van der Waals surface area contributed by atoms with Gasteiger partial charge in [0.25, 0.3) is 0 Å². The van der Waals surface area contributed by atoms with Gasteiger partial charge in [-0.3, -0.25) is 0 Å². The molecule has 0 radical (unpaired) electrons. The van der Waals surface area contributed by atoms with Gasteiger partial charge in [0.2, 0.25) is 5.89 Å². The summed E-state index contributed by atoms with van der Waals surface area (Å²) >= 11 is 0. The second kappa shape index (κ2) is 14.3. The van der Waals surface area contributed by atoms with Crippen molar-refractivity contribution in [1.82, 2.24) is 9.55 Å². The topological polar surface area (TPSA) is 34.2 Å². The number of hydrogen-bond acceptors (Lipinski definition) is 3. The van der Waals surface area contributed by atoms with Crippen molar-refractivity contribution in [2.75, 3.05) is 4.90 Å². The molecular weight excluding hydrogens is 743 g/mol. The Balaban J connectivity index is 0.984. The first-order valence-electron chi connectivity index (χ1n) is 20.7. The monoisotopic (exact) mass is 779 g/mol. The number of nitrogens with zero attached hydrogens (tertiary/aromatic N) is 3. The van der Waals surface area contributed by atoms with E-state index in [0.29, 0.717) is 5.89 Å². The Hall–Kier alpha value is -8.21. The largest absolute Gasteiger partial charge is 0.435 e. The number of oxazole rings is 1. The molecule has 0 amide bonds. The normalized spacial score (nSPS) is 11.6. The molecule has 12 aromatic rings. The smallest absolute Gasteiger partial charge is 0.227 e. The molecule has 2 heterocycles. The Morgan fingerprint density at radius 1 is 0.377 bits per heavy atom. The Bertz CT molecular complexity index is 3560. The summed E-state index contributed by atoms with van der Waals surface area (Å²) in [5, 5.41) is 7.10. The zero-order valence-electron chi connectivity index (χ0n) is 33.1. The van der Waals surface area contributed by atoms with Gasteiger partial charge in [-0.1, -0.05) is 146 Å². The molecule has 0 fully saturated rings. The minimum absolute atomic E-state index is 0.630. The second-order valence-corrected chi connectivity index (χ2v) is 15.6. The molecule has 0 unspecified atom stereocenters. The van der Waals surface area contributed by atoms with Crippen LogP contribution >= 0.6 is 0 Å². The highest BCUT2D eigenvalue weighted by Crippen LogP contribution is 2.42. The summed E-state index contributed by atoms with van der Waals surface area (Å²) < 4.78 is 8.81. The van der Waals surface area contributed by atoms with E-state index in [0.717, 1.165) is 66.8 Å². The summed E-state index contributed by atoms with van der Waals surface area (Å²) in [7, 11) is 0. The van der Waals surface area contributed by atoms with E-state index in [2.05, 4.69) is 198 Å². The SMILES string of the molecule is c1ccc(-c2nc3ccc4ccc(-c5ccc(N(c6ccc(-c7cccc8ccccc78)cc6)c6ccc7c8ccccc8n(-c8ccccc8)c7c6)cc5)cc4c3o2)cc1. The predicted octanol–water partition coefficient (Wildman–Crippen LogP) is 15.7. The van der Waals surface area contributed by atoms with Gasteiger partial charge in [-0.15, -0.1) is 0 Å². The Labute approximate surface area is 352 Å². The van der Waals surface area contributed by atoms with Crippen LogP contribution in [0.15, 0.2) is 229 Å². The van der Waals surface area contributed by atoms with E-state index in [-0.39, 0.29) is 0 Å². The fraction of sp³-hybridized carbons (Fsp3) is 0. The molecule has 0 spiro atoms. The molecule has 0 N–H and O–H groups in total. The van der Waals surface area contributed by atoms with Crippen LogP contribution in [0.4, 0.5) is 17.1 Å². The number of aromatic nitrogens is 2. The van der Waals surface area contributed by atoms with Crippen LogP contribution in [-0.2, 0) is 0 Å². The summed E-state index contributed by atoms with van der Waals surface area (Å²) in [6.45, 7) is 0. The maximum Gasteiger partial charge on any atom is 0.227 e. The number of benzene rings is 10. The minimum Gasteiger partial charge on any atom is -0.435 e. The molecule has 4 nitrogen and oxygen atoms in total. The fourth-order valence-electron chi connectivity index (χ4n) is 9.06. The van der Waals surface area contributed by atoms with Gasteiger partial charge >= 0.3 is 0 Å². The van der Waals surface area contributed by atoms with Crippen LogP contribution in [-0.4, -0.2) is 9.55 Å². The summed E-state index contributed by atoms with van der Waals surface area (Å²) in [6.07, 6.45) is 0. The molecule has 61 heavy (non-hydrogen) atoms. The number of rotatable bonds is 7. The molecular formula is C57H37N3O. The summed E-state index contributed by atoms with van der Waals surface area (Å²) in [6, 6.07) is 80.1. The number of hydrogen-bond donors (Lipinski definition) is 0. The zero-order chi connectivity index (χ0) is 40.3. The molecule has 286 valence electrons. The van der Waals surface area contributed by atoms with Gasteiger partial charge in [-0.2, -0.15) is 0 Å². The zero-order valence-corrected chi connectivity index (χ0v) is 33.1. The Kier molecular flexibility index (Phi) is 8.13. The molecule has 0 aliphatic heterocycles. The van der Waals surface area contributed by atoms with Gasteiger partial charge in [0.1, 0.15) is 5.52 Å². The van der Waals surface area contributed by atoms with Crippen LogP contribution in [0, 0.1) is 0 Å². The van der Waals surface area contributed by atoms with Gasteiger partial charge in [-0.05, 0) is 117 Å². The van der Waals surface area contributed by atoms with Crippen molar-refractivity contribution in [3.8, 4) is 39.4 Å². The molecule has 0 aliphatic rings. The third-order valence-electron chi connectivity index (χ3n) is 12.0. The lowest BCUT2D eigenvalue weighted by Crippen LogP contribution is -2.10. The summed E-state index contributed by atoms with van der Waals surface area (Å²) in [5.41, 5.74) is 14.0. The van der Waals surface area contributed by atoms with E-state index >= 15 is 0 Å². The van der Waals surface area contributed by atoms with Crippen LogP contribution in [0.1, 0.15) is 0 Å². The molecule has 0 atom stereocenters. The summed E-state index contributed by atoms with van der Waals surface area (Å²) in [5.74, 6) is 0.630. The quantitative estimate of drug-likeness (QED) is 0.162. The van der Waals surface area contributed by atoms with Gasteiger partial charge in [0, 0.05) is 44.5 Å². The van der Waals surface area contributed by atoms with Gasteiger partial charge in [-0.25, -0.2) is 4.98 Å². The van der Waals surface area contributed by atoms with Gasteiger partial charge in [0.05, 0.1) is 11.0 Å². The number of fused-ring (bicyclic) bond motifs is 7.